The van der Waals surface area contributed by atoms with E-state index in [0.29, 0.717) is 0 Å². The Morgan fingerprint density at radius 2 is 1.62 bits per heavy atom. The van der Waals surface area contributed by atoms with Crippen molar-refractivity contribution in [3.63, 3.8) is 0 Å². The quantitative estimate of drug-likeness (QED) is 0.291. The van der Waals surface area contributed by atoms with Crippen LogP contribution in [-0.4, -0.2) is 20.6 Å². The van der Waals surface area contributed by atoms with E-state index in [0.717, 1.165) is 0 Å². The molecule has 0 aliphatic heterocycles. The number of aromatic carboxylic acids is 1. The van der Waals surface area contributed by atoms with Crippen LogP contribution in [0.5, 0.6) is 0 Å². The van der Waals surface area contributed by atoms with Gasteiger partial charge in [-0.15, -0.1) is 0 Å². The number of halogens is 6. The van der Waals surface area contributed by atoms with Gasteiger partial charge in [0, 0.05) is 12.1 Å². The molecule has 0 fully saturated rings. The van der Waals surface area contributed by atoms with Crippen molar-refractivity contribution in [1.29, 1.82) is 0 Å². The summed E-state index contributed by atoms with van der Waals surface area (Å²) in [5.41, 5.74) is -6.80. The van der Waals surface area contributed by atoms with E-state index < -0.39 is 78.4 Å². The highest BCUT2D eigenvalue weighted by Crippen LogP contribution is 2.34. The minimum atomic E-state index is -2.12. The smallest absolute Gasteiger partial charge is 0.342 e. The first kappa shape index (κ1) is 20.2. The van der Waals surface area contributed by atoms with Crippen LogP contribution < -0.4 is 5.43 Å². The Morgan fingerprint density at radius 1 is 1.03 bits per heavy atom. The fourth-order valence-corrected chi connectivity index (χ4v) is 3.04. The third-order valence-electron chi connectivity index (χ3n) is 3.90. The molecule has 3 aromatic rings. The molecule has 29 heavy (non-hydrogen) atoms. The fraction of sp³-hybridized carbons (Fsp3) is 0. The lowest BCUT2D eigenvalue weighted by molar-refractivity contribution is -0.390. The third kappa shape index (κ3) is 2.97. The second kappa shape index (κ2) is 6.81. The van der Waals surface area contributed by atoms with Gasteiger partial charge in [-0.2, -0.15) is 8.78 Å². The molecule has 0 amide bonds. The number of carboxylic acid groups (broad SMARTS) is 1. The van der Waals surface area contributed by atoms with Crippen molar-refractivity contribution < 1.29 is 36.8 Å². The monoisotopic (exact) mass is 434 g/mol. The van der Waals surface area contributed by atoms with E-state index >= 15 is 0 Å². The normalized spacial score (nSPS) is 11.1. The van der Waals surface area contributed by atoms with Crippen molar-refractivity contribution in [3.8, 4) is 5.69 Å². The molecule has 0 atom stereocenters. The predicted octanol–water partition coefficient (Wildman–Crippen LogP) is 3.95. The molecule has 0 spiro atoms. The Kier molecular flexibility index (Phi) is 4.74. The van der Waals surface area contributed by atoms with Crippen LogP contribution in [0.3, 0.4) is 0 Å². The van der Waals surface area contributed by atoms with Crippen LogP contribution in [0.15, 0.2) is 23.0 Å². The van der Waals surface area contributed by atoms with Gasteiger partial charge >= 0.3 is 11.7 Å². The zero-order chi connectivity index (χ0) is 21.8. The van der Waals surface area contributed by atoms with Crippen LogP contribution >= 0.6 is 11.6 Å². The lowest BCUT2D eigenvalue weighted by Crippen LogP contribution is -2.22. The number of fused-ring (bicyclic) bond motifs is 1. The summed E-state index contributed by atoms with van der Waals surface area (Å²) in [7, 11) is 0. The molecule has 7 nitrogen and oxygen atoms in total. The molecule has 1 aromatic heterocycles. The second-order valence-corrected chi connectivity index (χ2v) is 5.89. The Labute approximate surface area is 160 Å². The van der Waals surface area contributed by atoms with Gasteiger partial charge in [0.15, 0.2) is 17.5 Å². The van der Waals surface area contributed by atoms with E-state index in [1.54, 1.807) is 0 Å². The van der Waals surface area contributed by atoms with Crippen molar-refractivity contribution in [2.45, 2.75) is 0 Å². The number of benzene rings is 2. The number of aromatic nitrogens is 1. The molecule has 0 radical (unpaired) electrons. The van der Waals surface area contributed by atoms with Gasteiger partial charge in [-0.3, -0.25) is 19.5 Å². The Balaban J connectivity index is 2.67. The van der Waals surface area contributed by atoms with Gasteiger partial charge in [-0.1, -0.05) is 11.6 Å². The Hall–Kier alpha value is -3.54. The minimum Gasteiger partial charge on any atom is -0.477 e. The van der Waals surface area contributed by atoms with Gasteiger partial charge in [0.05, 0.1) is 15.8 Å². The van der Waals surface area contributed by atoms with Crippen molar-refractivity contribution >= 4 is 34.2 Å². The number of nitro groups is 1. The average Bonchev–Trinajstić information content (AvgIpc) is 2.58. The first-order valence-corrected chi connectivity index (χ1v) is 7.64. The largest absolute Gasteiger partial charge is 0.477 e. The van der Waals surface area contributed by atoms with E-state index in [4.69, 9.17) is 11.6 Å². The molecule has 0 saturated heterocycles. The van der Waals surface area contributed by atoms with E-state index in [9.17, 15) is 46.8 Å². The Morgan fingerprint density at radius 3 is 2.17 bits per heavy atom. The van der Waals surface area contributed by atoms with Crippen molar-refractivity contribution in [1.82, 2.24) is 4.57 Å². The molecule has 3 rings (SSSR count). The zero-order valence-corrected chi connectivity index (χ0v) is 14.2. The van der Waals surface area contributed by atoms with Crippen molar-refractivity contribution in [3.05, 3.63) is 78.3 Å². The molecule has 0 saturated carbocycles. The first-order valence-electron chi connectivity index (χ1n) is 7.26. The highest BCUT2D eigenvalue weighted by Gasteiger charge is 2.32. The number of carboxylic acids is 1. The SMILES string of the molecule is O=C(O)c1c(Cl)n(-c2c(F)cc(F)c([N+](=O)[O-])c2F)c2cc(F)c(F)cc2c1=O. The second-order valence-electron chi connectivity index (χ2n) is 5.53. The number of carbonyl (C=O) groups is 1. The number of hydrogen-bond acceptors (Lipinski definition) is 4. The Bertz CT molecular complexity index is 1310. The summed E-state index contributed by atoms with van der Waals surface area (Å²) in [6.07, 6.45) is 0. The molecule has 0 unspecified atom stereocenters. The van der Waals surface area contributed by atoms with Crippen LogP contribution in [0.25, 0.3) is 16.6 Å². The highest BCUT2D eigenvalue weighted by molar-refractivity contribution is 6.33. The number of nitrogens with zero attached hydrogens (tertiary/aromatic N) is 2. The lowest BCUT2D eigenvalue weighted by atomic mass is 10.1. The molecular formula is C16H4ClF5N2O5. The van der Waals surface area contributed by atoms with Gasteiger partial charge in [0.1, 0.15) is 16.4 Å². The van der Waals surface area contributed by atoms with Crippen LogP contribution in [0, 0.1) is 39.2 Å². The summed E-state index contributed by atoms with van der Waals surface area (Å²) in [4.78, 5) is 33.1. The molecule has 13 heteroatoms. The summed E-state index contributed by atoms with van der Waals surface area (Å²) in [5, 5.41) is 18.1. The van der Waals surface area contributed by atoms with Crippen LogP contribution in [0.1, 0.15) is 10.4 Å². The topological polar surface area (TPSA) is 102 Å². The van der Waals surface area contributed by atoms with Gasteiger partial charge in [-0.05, 0) is 6.07 Å². The summed E-state index contributed by atoms with van der Waals surface area (Å²) in [6, 6.07) is 0.453. The number of pyridine rings is 1. The molecular weight excluding hydrogens is 431 g/mol. The van der Waals surface area contributed by atoms with E-state index in [1.165, 1.54) is 0 Å². The molecule has 0 aliphatic carbocycles. The molecule has 0 bridgehead atoms. The minimum absolute atomic E-state index is 0.0862. The summed E-state index contributed by atoms with van der Waals surface area (Å²) in [5.74, 6) is -11.0. The van der Waals surface area contributed by atoms with E-state index in [2.05, 4.69) is 0 Å². The van der Waals surface area contributed by atoms with E-state index in [-0.39, 0.29) is 22.8 Å². The maximum atomic E-state index is 14.7. The predicted molar refractivity (Wildman–Crippen MR) is 88.0 cm³/mol. The maximum absolute atomic E-state index is 14.7. The maximum Gasteiger partial charge on any atom is 0.342 e. The standard InChI is InChI=1S/C16H4ClF5N2O5/c17-15-10(16(26)27)14(25)4-1-5(18)6(19)3-9(4)23(15)12-7(20)2-8(21)13(11(12)22)24(28)29/h1-3H,(H,26,27). The lowest BCUT2D eigenvalue weighted by Gasteiger charge is -2.17. The van der Waals surface area contributed by atoms with Crippen molar-refractivity contribution in [2.75, 3.05) is 0 Å². The molecule has 2 aromatic carbocycles. The van der Waals surface area contributed by atoms with Crippen molar-refractivity contribution in [2.24, 2.45) is 0 Å². The van der Waals surface area contributed by atoms with Gasteiger partial charge in [-0.25, -0.2) is 18.0 Å². The van der Waals surface area contributed by atoms with Gasteiger partial charge in [0.25, 0.3) is 0 Å². The van der Waals surface area contributed by atoms with Gasteiger partial charge < -0.3 is 5.11 Å². The molecule has 1 heterocycles. The summed E-state index contributed by atoms with van der Waals surface area (Å²) >= 11 is 5.80. The third-order valence-corrected chi connectivity index (χ3v) is 4.25. The fourth-order valence-electron chi connectivity index (χ4n) is 2.70. The average molecular weight is 435 g/mol. The highest BCUT2D eigenvalue weighted by atomic mass is 35.5. The van der Waals surface area contributed by atoms with Crippen LogP contribution in [0.2, 0.25) is 5.15 Å². The van der Waals surface area contributed by atoms with Crippen LogP contribution in [0.4, 0.5) is 27.6 Å². The van der Waals surface area contributed by atoms with Crippen LogP contribution in [-0.2, 0) is 0 Å². The number of rotatable bonds is 3. The van der Waals surface area contributed by atoms with E-state index in [1.807, 2.05) is 0 Å². The zero-order valence-electron chi connectivity index (χ0n) is 13.5. The summed E-state index contributed by atoms with van der Waals surface area (Å²) < 4.78 is 70.1. The first-order chi connectivity index (χ1) is 13.5. The molecule has 1 N–H and O–H groups in total. The number of hydrogen-bond donors (Lipinski definition) is 1. The van der Waals surface area contributed by atoms with Gasteiger partial charge in [0.2, 0.25) is 17.1 Å². The molecule has 0 aliphatic rings. The molecule has 150 valence electrons. The number of nitro benzene ring substituents is 1. The summed E-state index contributed by atoms with van der Waals surface area (Å²) in [6.45, 7) is 0.